The maximum Gasteiger partial charge on any atom is 0.339 e. The van der Waals surface area contributed by atoms with Gasteiger partial charge in [-0.15, -0.1) is 0 Å². The molecule has 4 heteroatoms. The quantitative estimate of drug-likeness (QED) is 0.566. The smallest absolute Gasteiger partial charge is 0.339 e. The molecular weight excluding hydrogens is 384 g/mol. The Morgan fingerprint density at radius 3 is 2.45 bits per heavy atom. The summed E-state index contributed by atoms with van der Waals surface area (Å²) < 4.78 is 6.43. The maximum atomic E-state index is 13.1. The first kappa shape index (κ1) is 19.7. The lowest BCUT2D eigenvalue weighted by atomic mass is 9.71. The van der Waals surface area contributed by atoms with Crippen LogP contribution < -0.4 is 9.80 Å². The number of fused-ring (bicyclic) bond motifs is 2. The summed E-state index contributed by atoms with van der Waals surface area (Å²) in [6, 6.07) is 25.0. The van der Waals surface area contributed by atoms with Crippen LogP contribution in [-0.4, -0.2) is 33.2 Å². The van der Waals surface area contributed by atoms with Crippen molar-refractivity contribution < 1.29 is 9.53 Å². The topological polar surface area (TPSA) is 32.8 Å². The second kappa shape index (κ2) is 7.16. The number of carbonyl (C=O) groups excluding carboxylic acids is 1. The van der Waals surface area contributed by atoms with Crippen molar-refractivity contribution in [2.75, 3.05) is 30.9 Å². The van der Waals surface area contributed by atoms with Crippen LogP contribution >= 0.6 is 0 Å². The number of cyclic esters (lactones) is 1. The van der Waals surface area contributed by atoms with Crippen LogP contribution in [0, 0.1) is 0 Å². The second-order valence-electron chi connectivity index (χ2n) is 8.91. The van der Waals surface area contributed by atoms with E-state index in [1.165, 1.54) is 16.8 Å². The number of carbonyl (C=O) groups is 1. The Kier molecular flexibility index (Phi) is 4.54. The first-order valence-electron chi connectivity index (χ1n) is 10.8. The van der Waals surface area contributed by atoms with Crippen molar-refractivity contribution in [2.24, 2.45) is 0 Å². The summed E-state index contributed by atoms with van der Waals surface area (Å²) in [5.74, 6) is -0.200. The van der Waals surface area contributed by atoms with E-state index in [1.54, 1.807) is 0 Å². The minimum absolute atomic E-state index is 0.0246. The van der Waals surface area contributed by atoms with E-state index in [0.717, 1.165) is 11.3 Å². The molecule has 0 saturated carbocycles. The Hall–Kier alpha value is -3.27. The van der Waals surface area contributed by atoms with Crippen molar-refractivity contribution in [2.45, 2.75) is 30.9 Å². The maximum absolute atomic E-state index is 13.1. The van der Waals surface area contributed by atoms with Crippen LogP contribution in [0.3, 0.4) is 0 Å². The van der Waals surface area contributed by atoms with E-state index in [4.69, 9.17) is 4.74 Å². The van der Waals surface area contributed by atoms with Gasteiger partial charge in [0.15, 0.2) is 5.60 Å². The summed E-state index contributed by atoms with van der Waals surface area (Å²) in [6.45, 7) is 2.24. The molecule has 158 valence electrons. The average molecular weight is 413 g/mol. The Bertz CT molecular complexity index is 1160. The average Bonchev–Trinajstić information content (AvgIpc) is 3.20. The first-order chi connectivity index (χ1) is 14.9. The molecule has 2 aliphatic rings. The van der Waals surface area contributed by atoms with Crippen LogP contribution in [0.4, 0.5) is 11.4 Å². The molecule has 0 N–H and O–H groups in total. The molecule has 2 aliphatic heterocycles. The number of likely N-dealkylation sites (N-methyl/N-ethyl adjacent to an activating group) is 1. The molecule has 0 amide bonds. The molecular formula is C27H28N2O2. The predicted octanol–water partition coefficient (Wildman–Crippen LogP) is 4.98. The van der Waals surface area contributed by atoms with Gasteiger partial charge in [0.05, 0.1) is 11.5 Å². The van der Waals surface area contributed by atoms with Gasteiger partial charge >= 0.3 is 5.97 Å². The highest BCUT2D eigenvalue weighted by atomic mass is 16.6. The summed E-state index contributed by atoms with van der Waals surface area (Å²) in [4.78, 5) is 17.5. The SMILES string of the molecule is CC1C(C2(Cc3ccccc3N(C)C)OC(=O)c3ccccc32)c2ccccc2N1C. The molecule has 0 aromatic heterocycles. The molecule has 0 aliphatic carbocycles. The van der Waals surface area contributed by atoms with Crippen LogP contribution in [0.25, 0.3) is 0 Å². The summed E-state index contributed by atoms with van der Waals surface area (Å²) in [5, 5.41) is 0. The Balaban J connectivity index is 1.75. The van der Waals surface area contributed by atoms with E-state index >= 15 is 0 Å². The normalized spacial score (nSPS) is 24.0. The number of ether oxygens (including phenoxy) is 1. The van der Waals surface area contributed by atoms with Crippen LogP contribution in [0.2, 0.25) is 0 Å². The zero-order valence-electron chi connectivity index (χ0n) is 18.5. The van der Waals surface area contributed by atoms with Gasteiger partial charge < -0.3 is 14.5 Å². The minimum atomic E-state index is -0.764. The molecule has 0 radical (unpaired) electrons. The van der Waals surface area contributed by atoms with E-state index in [2.05, 4.69) is 92.5 Å². The summed E-state index contributed by atoms with van der Waals surface area (Å²) >= 11 is 0. The third-order valence-corrected chi connectivity index (χ3v) is 7.05. The van der Waals surface area contributed by atoms with Crippen molar-refractivity contribution in [3.8, 4) is 0 Å². The number of esters is 1. The Morgan fingerprint density at radius 2 is 1.65 bits per heavy atom. The zero-order chi connectivity index (χ0) is 21.8. The Labute approximate surface area is 184 Å². The highest BCUT2D eigenvalue weighted by Gasteiger charge is 2.56. The van der Waals surface area contributed by atoms with Gasteiger partial charge in [-0.25, -0.2) is 4.79 Å². The number of benzene rings is 3. The number of hydrogen-bond acceptors (Lipinski definition) is 4. The second-order valence-corrected chi connectivity index (χ2v) is 8.91. The number of rotatable bonds is 4. The van der Waals surface area contributed by atoms with Gasteiger partial charge in [-0.1, -0.05) is 54.6 Å². The number of nitrogens with zero attached hydrogens (tertiary/aromatic N) is 2. The molecule has 3 aromatic rings. The number of anilines is 2. The van der Waals surface area contributed by atoms with Gasteiger partial charge in [-0.05, 0) is 36.2 Å². The Morgan fingerprint density at radius 1 is 0.968 bits per heavy atom. The summed E-state index contributed by atoms with van der Waals surface area (Å²) in [6.07, 6.45) is 0.626. The molecule has 0 fully saturated rings. The summed E-state index contributed by atoms with van der Waals surface area (Å²) in [5.41, 5.74) is 5.69. The van der Waals surface area contributed by atoms with E-state index in [1.807, 2.05) is 18.2 Å². The summed E-state index contributed by atoms with van der Waals surface area (Å²) in [7, 11) is 6.25. The molecule has 31 heavy (non-hydrogen) atoms. The zero-order valence-corrected chi connectivity index (χ0v) is 18.5. The molecule has 3 atom stereocenters. The first-order valence-corrected chi connectivity index (χ1v) is 10.8. The lowest BCUT2D eigenvalue weighted by Gasteiger charge is -2.39. The fourth-order valence-electron chi connectivity index (χ4n) is 5.57. The van der Waals surface area contributed by atoms with E-state index in [0.29, 0.717) is 12.0 Å². The molecule has 0 spiro atoms. The van der Waals surface area contributed by atoms with E-state index in [9.17, 15) is 4.79 Å². The van der Waals surface area contributed by atoms with Gasteiger partial charge in [-0.3, -0.25) is 0 Å². The molecule has 5 rings (SSSR count). The van der Waals surface area contributed by atoms with Crippen LogP contribution in [0.1, 0.15) is 39.9 Å². The van der Waals surface area contributed by atoms with Gasteiger partial charge in [0, 0.05) is 50.5 Å². The van der Waals surface area contributed by atoms with Crippen LogP contribution in [-0.2, 0) is 16.8 Å². The third-order valence-electron chi connectivity index (χ3n) is 7.05. The third kappa shape index (κ3) is 2.85. The van der Waals surface area contributed by atoms with Crippen molar-refractivity contribution in [3.05, 3.63) is 95.1 Å². The largest absolute Gasteiger partial charge is 0.449 e. The van der Waals surface area contributed by atoms with Crippen molar-refractivity contribution in [3.63, 3.8) is 0 Å². The van der Waals surface area contributed by atoms with Crippen molar-refractivity contribution in [1.29, 1.82) is 0 Å². The standard InChI is InChI=1S/C27H28N2O2/c1-18-25(21-13-7-10-16-24(21)29(18)4)27(17-19-11-5-9-15-23(19)28(2)3)22-14-8-6-12-20(22)26(30)31-27/h5-16,18,25H,17H2,1-4H3. The van der Waals surface area contributed by atoms with E-state index in [-0.39, 0.29) is 17.9 Å². The van der Waals surface area contributed by atoms with Gasteiger partial charge in [0.25, 0.3) is 0 Å². The molecule has 2 heterocycles. The minimum Gasteiger partial charge on any atom is -0.449 e. The monoisotopic (exact) mass is 412 g/mol. The molecule has 0 bridgehead atoms. The van der Waals surface area contributed by atoms with Crippen molar-refractivity contribution in [1.82, 2.24) is 0 Å². The lowest BCUT2D eigenvalue weighted by Crippen LogP contribution is -2.43. The molecule has 4 nitrogen and oxygen atoms in total. The highest BCUT2D eigenvalue weighted by Crippen LogP contribution is 2.56. The molecule has 0 saturated heterocycles. The lowest BCUT2D eigenvalue weighted by molar-refractivity contribution is -0.0259. The molecule has 3 unspecified atom stereocenters. The van der Waals surface area contributed by atoms with Crippen molar-refractivity contribution >= 4 is 17.3 Å². The number of para-hydroxylation sites is 2. The van der Waals surface area contributed by atoms with Gasteiger partial charge in [0.2, 0.25) is 0 Å². The van der Waals surface area contributed by atoms with E-state index < -0.39 is 5.60 Å². The fraction of sp³-hybridized carbons (Fsp3) is 0.296. The van der Waals surface area contributed by atoms with Crippen LogP contribution in [0.15, 0.2) is 72.8 Å². The number of hydrogen-bond donors (Lipinski definition) is 0. The van der Waals surface area contributed by atoms with Gasteiger partial charge in [-0.2, -0.15) is 0 Å². The molecule has 3 aromatic carbocycles. The van der Waals surface area contributed by atoms with Crippen LogP contribution in [0.5, 0.6) is 0 Å². The predicted molar refractivity (Wildman–Crippen MR) is 125 cm³/mol. The fourth-order valence-corrected chi connectivity index (χ4v) is 5.57. The highest BCUT2D eigenvalue weighted by molar-refractivity contribution is 5.95. The van der Waals surface area contributed by atoms with Gasteiger partial charge in [0.1, 0.15) is 0 Å².